The van der Waals surface area contributed by atoms with Crippen molar-refractivity contribution in [1.82, 2.24) is 25.2 Å². The highest BCUT2D eigenvalue weighted by atomic mass is 16.5. The van der Waals surface area contributed by atoms with Gasteiger partial charge in [-0.25, -0.2) is 0 Å². The van der Waals surface area contributed by atoms with E-state index >= 15 is 0 Å². The molecule has 22 heavy (non-hydrogen) atoms. The maximum absolute atomic E-state index is 11.8. The van der Waals surface area contributed by atoms with Crippen molar-refractivity contribution in [3.63, 3.8) is 0 Å². The molecule has 0 bridgehead atoms. The van der Waals surface area contributed by atoms with E-state index in [-0.39, 0.29) is 11.8 Å². The first kappa shape index (κ1) is 16.2. The topological polar surface area (TPSA) is 85.8 Å². The third-order valence-electron chi connectivity index (χ3n) is 3.32. The minimum Gasteiger partial charge on any atom is -0.356 e. The van der Waals surface area contributed by atoms with Crippen molar-refractivity contribution in [2.24, 2.45) is 0 Å². The van der Waals surface area contributed by atoms with Gasteiger partial charge in [-0.2, -0.15) is 10.1 Å². The molecule has 0 aliphatic carbocycles. The molecule has 2 rings (SSSR count). The predicted octanol–water partition coefficient (Wildman–Crippen LogP) is 1.76. The normalized spacial score (nSPS) is 11.1. The maximum atomic E-state index is 11.8. The van der Waals surface area contributed by atoms with Crippen molar-refractivity contribution in [3.05, 3.63) is 29.2 Å². The molecule has 0 radical (unpaired) electrons. The summed E-state index contributed by atoms with van der Waals surface area (Å²) in [4.78, 5) is 16.1. The van der Waals surface area contributed by atoms with E-state index in [1.165, 1.54) is 0 Å². The molecule has 0 fully saturated rings. The van der Waals surface area contributed by atoms with E-state index in [1.807, 2.05) is 38.4 Å². The van der Waals surface area contributed by atoms with Crippen LogP contribution in [0.15, 0.2) is 10.6 Å². The molecular formula is C15H23N5O2. The zero-order chi connectivity index (χ0) is 16.1. The molecule has 0 unspecified atom stereocenters. The highest BCUT2D eigenvalue weighted by molar-refractivity contribution is 5.75. The van der Waals surface area contributed by atoms with Gasteiger partial charge in [-0.15, -0.1) is 0 Å². The van der Waals surface area contributed by atoms with Gasteiger partial charge in [0.15, 0.2) is 5.82 Å². The van der Waals surface area contributed by atoms with Crippen molar-refractivity contribution in [2.45, 2.75) is 53.0 Å². The number of aromatic nitrogens is 4. The van der Waals surface area contributed by atoms with Crippen molar-refractivity contribution < 1.29 is 9.32 Å². The van der Waals surface area contributed by atoms with Crippen LogP contribution in [-0.4, -0.2) is 32.4 Å². The summed E-state index contributed by atoms with van der Waals surface area (Å²) in [7, 11) is 0. The Kier molecular flexibility index (Phi) is 5.30. The Morgan fingerprint density at radius 3 is 2.77 bits per heavy atom. The van der Waals surface area contributed by atoms with Gasteiger partial charge >= 0.3 is 0 Å². The fourth-order valence-corrected chi connectivity index (χ4v) is 2.11. The lowest BCUT2D eigenvalue weighted by molar-refractivity contribution is -0.121. The predicted molar refractivity (Wildman–Crippen MR) is 81.4 cm³/mol. The SMILES string of the molecule is Cc1cc(C)n(CCC(=O)NCCc2nc(C(C)C)no2)n1. The van der Waals surface area contributed by atoms with Crippen LogP contribution in [0.2, 0.25) is 0 Å². The molecule has 0 atom stereocenters. The third kappa shape index (κ3) is 4.41. The van der Waals surface area contributed by atoms with Crippen LogP contribution in [-0.2, 0) is 17.8 Å². The van der Waals surface area contributed by atoms with Crippen LogP contribution < -0.4 is 5.32 Å². The summed E-state index contributed by atoms with van der Waals surface area (Å²) in [6.45, 7) is 9.03. The fourth-order valence-electron chi connectivity index (χ4n) is 2.11. The molecule has 0 aliphatic rings. The standard InChI is InChI=1S/C15H23N5O2/c1-10(2)15-17-14(22-19-15)5-7-16-13(21)6-8-20-12(4)9-11(3)18-20/h9-10H,5-8H2,1-4H3,(H,16,21). The van der Waals surface area contributed by atoms with Gasteiger partial charge in [-0.1, -0.05) is 19.0 Å². The number of hydrogen-bond donors (Lipinski definition) is 1. The maximum Gasteiger partial charge on any atom is 0.228 e. The van der Waals surface area contributed by atoms with Crippen LogP contribution in [0.5, 0.6) is 0 Å². The van der Waals surface area contributed by atoms with E-state index in [1.54, 1.807) is 0 Å². The van der Waals surface area contributed by atoms with Gasteiger partial charge in [-0.3, -0.25) is 9.48 Å². The first-order chi connectivity index (χ1) is 10.5. The van der Waals surface area contributed by atoms with E-state index < -0.39 is 0 Å². The largest absolute Gasteiger partial charge is 0.356 e. The number of carbonyl (C=O) groups excluding carboxylic acids is 1. The van der Waals surface area contributed by atoms with Gasteiger partial charge in [0.1, 0.15) is 0 Å². The Labute approximate surface area is 130 Å². The fraction of sp³-hybridized carbons (Fsp3) is 0.600. The van der Waals surface area contributed by atoms with Gasteiger partial charge in [0.05, 0.1) is 5.69 Å². The second-order valence-electron chi connectivity index (χ2n) is 5.70. The summed E-state index contributed by atoms with van der Waals surface area (Å²) in [6, 6.07) is 2.00. The molecule has 1 N–H and O–H groups in total. The van der Waals surface area contributed by atoms with Gasteiger partial charge < -0.3 is 9.84 Å². The van der Waals surface area contributed by atoms with Gasteiger partial charge in [0.25, 0.3) is 0 Å². The number of carbonyl (C=O) groups is 1. The lowest BCUT2D eigenvalue weighted by Gasteiger charge is -2.05. The molecule has 0 saturated heterocycles. The molecule has 120 valence electrons. The summed E-state index contributed by atoms with van der Waals surface area (Å²) < 4.78 is 6.98. The molecule has 2 heterocycles. The van der Waals surface area contributed by atoms with Crippen molar-refractivity contribution in [2.75, 3.05) is 6.54 Å². The van der Waals surface area contributed by atoms with Crippen LogP contribution in [0.1, 0.15) is 49.3 Å². The highest BCUT2D eigenvalue weighted by Crippen LogP contribution is 2.09. The monoisotopic (exact) mass is 305 g/mol. The molecule has 0 saturated carbocycles. The molecule has 0 aliphatic heterocycles. The summed E-state index contributed by atoms with van der Waals surface area (Å²) in [5, 5.41) is 11.1. The number of amides is 1. The smallest absolute Gasteiger partial charge is 0.228 e. The molecule has 1 amide bonds. The van der Waals surface area contributed by atoms with E-state index in [0.29, 0.717) is 37.6 Å². The zero-order valence-electron chi connectivity index (χ0n) is 13.6. The van der Waals surface area contributed by atoms with Crippen LogP contribution in [0.4, 0.5) is 0 Å². The van der Waals surface area contributed by atoms with Crippen molar-refractivity contribution in [1.29, 1.82) is 0 Å². The lowest BCUT2D eigenvalue weighted by Crippen LogP contribution is -2.27. The molecule has 2 aromatic heterocycles. The Bertz CT molecular complexity index is 630. The Balaban J connectivity index is 1.70. The second kappa shape index (κ2) is 7.20. The summed E-state index contributed by atoms with van der Waals surface area (Å²) in [5.74, 6) is 1.50. The van der Waals surface area contributed by atoms with Crippen molar-refractivity contribution >= 4 is 5.91 Å². The first-order valence-electron chi connectivity index (χ1n) is 7.56. The summed E-state index contributed by atoms with van der Waals surface area (Å²) >= 11 is 0. The van der Waals surface area contributed by atoms with Crippen LogP contribution in [0.3, 0.4) is 0 Å². The minimum absolute atomic E-state index is 0.00356. The zero-order valence-corrected chi connectivity index (χ0v) is 13.6. The Hall–Kier alpha value is -2.18. The van der Waals surface area contributed by atoms with Gasteiger partial charge in [0.2, 0.25) is 11.8 Å². The van der Waals surface area contributed by atoms with Crippen molar-refractivity contribution in [3.8, 4) is 0 Å². The lowest BCUT2D eigenvalue weighted by atomic mass is 10.2. The number of nitrogens with one attached hydrogen (secondary N) is 1. The number of rotatable bonds is 7. The van der Waals surface area contributed by atoms with Crippen LogP contribution in [0.25, 0.3) is 0 Å². The molecule has 0 aromatic carbocycles. The summed E-state index contributed by atoms with van der Waals surface area (Å²) in [6.07, 6.45) is 0.953. The van der Waals surface area contributed by atoms with Crippen LogP contribution >= 0.6 is 0 Å². The molecule has 0 spiro atoms. The quantitative estimate of drug-likeness (QED) is 0.842. The van der Waals surface area contributed by atoms with Crippen LogP contribution in [0, 0.1) is 13.8 Å². The Morgan fingerprint density at radius 1 is 1.41 bits per heavy atom. The molecule has 7 heteroatoms. The minimum atomic E-state index is -0.00356. The average Bonchev–Trinajstić information content (AvgIpc) is 3.03. The second-order valence-corrected chi connectivity index (χ2v) is 5.70. The van der Waals surface area contributed by atoms with E-state index in [2.05, 4.69) is 20.6 Å². The number of nitrogens with zero attached hydrogens (tertiary/aromatic N) is 4. The van der Waals surface area contributed by atoms with E-state index in [0.717, 1.165) is 11.4 Å². The average molecular weight is 305 g/mol. The first-order valence-corrected chi connectivity index (χ1v) is 7.56. The van der Waals surface area contributed by atoms with E-state index in [4.69, 9.17) is 4.52 Å². The Morgan fingerprint density at radius 2 is 2.18 bits per heavy atom. The molecule has 7 nitrogen and oxygen atoms in total. The van der Waals surface area contributed by atoms with E-state index in [9.17, 15) is 4.79 Å². The van der Waals surface area contributed by atoms with Gasteiger partial charge in [-0.05, 0) is 19.9 Å². The summed E-state index contributed by atoms with van der Waals surface area (Å²) in [5.41, 5.74) is 2.03. The highest BCUT2D eigenvalue weighted by Gasteiger charge is 2.10. The number of hydrogen-bond acceptors (Lipinski definition) is 5. The molecular weight excluding hydrogens is 282 g/mol. The number of aryl methyl sites for hydroxylation is 3. The van der Waals surface area contributed by atoms with Gasteiger partial charge in [0, 0.05) is 37.5 Å². The third-order valence-corrected chi connectivity index (χ3v) is 3.32. The molecule has 2 aromatic rings.